The molecule has 1 aliphatic carbocycles. The van der Waals surface area contributed by atoms with Crippen molar-refractivity contribution in [3.05, 3.63) is 54.4 Å². The zero-order valence-corrected chi connectivity index (χ0v) is 17.4. The molecular weight excluding hydrogens is 398 g/mol. The normalized spacial score (nSPS) is 22.5. The van der Waals surface area contributed by atoms with Crippen LogP contribution in [0.15, 0.2) is 42.7 Å². The van der Waals surface area contributed by atoms with Crippen LogP contribution in [0.1, 0.15) is 25.7 Å². The SMILES string of the molecule is Fc1cc(F)cc(-c2ccc3ncnc(NC4CCC(N5CCOCC5)CC4)c3c2)c1. The van der Waals surface area contributed by atoms with E-state index < -0.39 is 11.6 Å². The van der Waals surface area contributed by atoms with Crippen molar-refractivity contribution in [2.24, 2.45) is 0 Å². The van der Waals surface area contributed by atoms with E-state index in [2.05, 4.69) is 20.2 Å². The molecule has 1 aliphatic heterocycles. The van der Waals surface area contributed by atoms with Gasteiger partial charge in [-0.3, -0.25) is 4.90 Å². The molecule has 0 spiro atoms. The number of hydrogen-bond acceptors (Lipinski definition) is 5. The molecule has 5 rings (SSSR count). The Labute approximate surface area is 180 Å². The number of fused-ring (bicyclic) bond motifs is 1. The molecule has 2 fully saturated rings. The largest absolute Gasteiger partial charge is 0.379 e. The predicted molar refractivity (Wildman–Crippen MR) is 117 cm³/mol. The molecule has 1 N–H and O–H groups in total. The van der Waals surface area contributed by atoms with Crippen LogP contribution >= 0.6 is 0 Å². The Morgan fingerprint density at radius 1 is 0.871 bits per heavy atom. The zero-order valence-electron chi connectivity index (χ0n) is 17.4. The van der Waals surface area contributed by atoms with Crippen LogP contribution < -0.4 is 5.32 Å². The summed E-state index contributed by atoms with van der Waals surface area (Å²) in [4.78, 5) is 11.4. The van der Waals surface area contributed by atoms with Crippen molar-refractivity contribution < 1.29 is 13.5 Å². The molecule has 0 radical (unpaired) electrons. The smallest absolute Gasteiger partial charge is 0.137 e. The Morgan fingerprint density at radius 2 is 1.61 bits per heavy atom. The highest BCUT2D eigenvalue weighted by atomic mass is 19.1. The quantitative estimate of drug-likeness (QED) is 0.662. The lowest BCUT2D eigenvalue weighted by Crippen LogP contribution is -2.46. The van der Waals surface area contributed by atoms with Crippen LogP contribution in [0.4, 0.5) is 14.6 Å². The molecule has 0 atom stereocenters. The number of aromatic nitrogens is 2. The molecule has 5 nitrogen and oxygen atoms in total. The number of rotatable bonds is 4. The minimum atomic E-state index is -0.588. The Bertz CT molecular complexity index is 1040. The van der Waals surface area contributed by atoms with Crippen molar-refractivity contribution in [1.82, 2.24) is 14.9 Å². The molecule has 2 aromatic carbocycles. The molecule has 1 saturated carbocycles. The van der Waals surface area contributed by atoms with Gasteiger partial charge in [0.1, 0.15) is 23.8 Å². The van der Waals surface area contributed by atoms with Gasteiger partial charge < -0.3 is 10.1 Å². The first-order valence-electron chi connectivity index (χ1n) is 11.0. The summed E-state index contributed by atoms with van der Waals surface area (Å²) in [6.45, 7) is 3.73. The van der Waals surface area contributed by atoms with Gasteiger partial charge in [-0.25, -0.2) is 18.7 Å². The molecule has 0 amide bonds. The number of halogens is 2. The number of hydrogen-bond donors (Lipinski definition) is 1. The number of nitrogens with one attached hydrogen (secondary N) is 1. The van der Waals surface area contributed by atoms with Gasteiger partial charge in [-0.2, -0.15) is 0 Å². The molecule has 0 bridgehead atoms. The minimum Gasteiger partial charge on any atom is -0.379 e. The van der Waals surface area contributed by atoms with Crippen LogP contribution in [0, 0.1) is 11.6 Å². The van der Waals surface area contributed by atoms with Crippen LogP contribution in [-0.4, -0.2) is 53.3 Å². The Hall–Kier alpha value is -2.64. The van der Waals surface area contributed by atoms with E-state index in [0.717, 1.165) is 80.3 Å². The van der Waals surface area contributed by atoms with E-state index in [1.807, 2.05) is 18.2 Å². The standard InChI is InChI=1S/C24H26F2N4O/c25-18-11-17(12-19(26)14-18)16-1-6-23-22(13-16)24(28-15-27-23)29-20-2-4-21(5-3-20)30-7-9-31-10-8-30/h1,6,11-15,20-21H,2-5,7-10H2,(H,27,28,29). The summed E-state index contributed by atoms with van der Waals surface area (Å²) in [5.74, 6) is -0.400. The van der Waals surface area contributed by atoms with Crippen LogP contribution in [0.25, 0.3) is 22.0 Å². The molecule has 3 aromatic rings. The van der Waals surface area contributed by atoms with Gasteiger partial charge in [0.25, 0.3) is 0 Å². The van der Waals surface area contributed by atoms with E-state index >= 15 is 0 Å². The van der Waals surface area contributed by atoms with Gasteiger partial charge in [-0.1, -0.05) is 6.07 Å². The summed E-state index contributed by atoms with van der Waals surface area (Å²) in [6.07, 6.45) is 6.05. The Morgan fingerprint density at radius 3 is 2.35 bits per heavy atom. The van der Waals surface area contributed by atoms with Crippen molar-refractivity contribution in [3.8, 4) is 11.1 Å². The average molecular weight is 424 g/mol. The summed E-state index contributed by atoms with van der Waals surface area (Å²) in [7, 11) is 0. The fourth-order valence-corrected chi connectivity index (χ4v) is 4.79. The van der Waals surface area contributed by atoms with Crippen molar-refractivity contribution in [2.75, 3.05) is 31.6 Å². The van der Waals surface area contributed by atoms with E-state index in [-0.39, 0.29) is 0 Å². The third-order valence-corrected chi connectivity index (χ3v) is 6.43. The van der Waals surface area contributed by atoms with Crippen LogP contribution in [0.3, 0.4) is 0 Å². The van der Waals surface area contributed by atoms with E-state index in [0.29, 0.717) is 17.6 Å². The molecule has 2 heterocycles. The summed E-state index contributed by atoms with van der Waals surface area (Å²) in [5, 5.41) is 4.47. The lowest BCUT2D eigenvalue weighted by Gasteiger charge is -2.39. The van der Waals surface area contributed by atoms with Gasteiger partial charge in [0.05, 0.1) is 18.7 Å². The number of ether oxygens (including phenoxy) is 1. The first-order valence-corrected chi connectivity index (χ1v) is 11.0. The molecule has 1 saturated heterocycles. The Balaban J connectivity index is 1.34. The number of anilines is 1. The lowest BCUT2D eigenvalue weighted by atomic mass is 9.90. The average Bonchev–Trinajstić information content (AvgIpc) is 2.79. The maximum atomic E-state index is 13.7. The van der Waals surface area contributed by atoms with Crippen LogP contribution in [0.2, 0.25) is 0 Å². The topological polar surface area (TPSA) is 50.3 Å². The highest BCUT2D eigenvalue weighted by Crippen LogP contribution is 2.31. The van der Waals surface area contributed by atoms with Crippen molar-refractivity contribution in [1.29, 1.82) is 0 Å². The summed E-state index contributed by atoms with van der Waals surface area (Å²) >= 11 is 0. The fourth-order valence-electron chi connectivity index (χ4n) is 4.79. The van der Waals surface area contributed by atoms with Crippen molar-refractivity contribution in [3.63, 3.8) is 0 Å². The van der Waals surface area contributed by atoms with Gasteiger partial charge in [0, 0.05) is 36.6 Å². The molecule has 7 heteroatoms. The van der Waals surface area contributed by atoms with Gasteiger partial charge in [-0.15, -0.1) is 0 Å². The monoisotopic (exact) mass is 424 g/mol. The number of nitrogens with zero attached hydrogens (tertiary/aromatic N) is 3. The second kappa shape index (κ2) is 8.85. The van der Waals surface area contributed by atoms with Crippen molar-refractivity contribution >= 4 is 16.7 Å². The fraction of sp³-hybridized carbons (Fsp3) is 0.417. The molecular formula is C24H26F2N4O. The van der Waals surface area contributed by atoms with Gasteiger partial charge in [0.2, 0.25) is 0 Å². The highest BCUT2D eigenvalue weighted by molar-refractivity contribution is 5.92. The minimum absolute atomic E-state index is 0.352. The number of morpholine rings is 1. The summed E-state index contributed by atoms with van der Waals surface area (Å²) < 4.78 is 32.9. The molecule has 162 valence electrons. The van der Waals surface area contributed by atoms with E-state index in [1.165, 1.54) is 12.1 Å². The van der Waals surface area contributed by atoms with E-state index in [9.17, 15) is 8.78 Å². The molecule has 31 heavy (non-hydrogen) atoms. The van der Waals surface area contributed by atoms with E-state index in [1.54, 1.807) is 6.33 Å². The second-order valence-corrected chi connectivity index (χ2v) is 8.41. The van der Waals surface area contributed by atoms with Gasteiger partial charge >= 0.3 is 0 Å². The van der Waals surface area contributed by atoms with Gasteiger partial charge in [-0.05, 0) is 61.1 Å². The maximum Gasteiger partial charge on any atom is 0.137 e. The first kappa shape index (κ1) is 20.3. The third kappa shape index (κ3) is 4.52. The Kier molecular flexibility index (Phi) is 5.78. The van der Waals surface area contributed by atoms with Crippen molar-refractivity contribution in [2.45, 2.75) is 37.8 Å². The lowest BCUT2D eigenvalue weighted by molar-refractivity contribution is 0.00791. The second-order valence-electron chi connectivity index (χ2n) is 8.41. The van der Waals surface area contributed by atoms with Crippen LogP contribution in [0.5, 0.6) is 0 Å². The first-order chi connectivity index (χ1) is 15.2. The number of benzene rings is 2. The molecule has 1 aromatic heterocycles. The zero-order chi connectivity index (χ0) is 21.2. The molecule has 0 unspecified atom stereocenters. The predicted octanol–water partition coefficient (Wildman–Crippen LogP) is 4.63. The summed E-state index contributed by atoms with van der Waals surface area (Å²) in [5.41, 5.74) is 2.04. The van der Waals surface area contributed by atoms with Crippen LogP contribution in [-0.2, 0) is 4.74 Å². The summed E-state index contributed by atoms with van der Waals surface area (Å²) in [6, 6.07) is 10.2. The van der Waals surface area contributed by atoms with Gasteiger partial charge in [0.15, 0.2) is 0 Å². The highest BCUT2D eigenvalue weighted by Gasteiger charge is 2.27. The van der Waals surface area contributed by atoms with E-state index in [4.69, 9.17) is 4.74 Å². The maximum absolute atomic E-state index is 13.7. The third-order valence-electron chi connectivity index (χ3n) is 6.43. The molecule has 2 aliphatic rings.